The first-order valence-electron chi connectivity index (χ1n) is 11.0. The Balaban J connectivity index is 1.58. The van der Waals surface area contributed by atoms with Gasteiger partial charge in [-0.3, -0.25) is 4.84 Å². The molecule has 0 radical (unpaired) electrons. The molecule has 168 valence electrons. The number of ether oxygens (including phenoxy) is 1. The maximum Gasteiger partial charge on any atom is 0.118 e. The Morgan fingerprint density at radius 2 is 1.79 bits per heavy atom. The highest BCUT2D eigenvalue weighted by atomic mass is 35.5. The predicted octanol–water partition coefficient (Wildman–Crippen LogP) is 6.02. The minimum atomic E-state index is -0.411. The summed E-state index contributed by atoms with van der Waals surface area (Å²) in [6.45, 7) is 1.33. The molecule has 0 N–H and O–H groups in total. The minimum absolute atomic E-state index is 0.0661. The molecular weight excluding hydrogens is 434 g/mol. The first kappa shape index (κ1) is 21.7. The number of methoxy groups -OCH3 is 1. The van der Waals surface area contributed by atoms with Crippen molar-refractivity contribution in [3.63, 3.8) is 0 Å². The average Bonchev–Trinajstić information content (AvgIpc) is 3.49. The van der Waals surface area contributed by atoms with E-state index in [1.807, 2.05) is 49.1 Å². The van der Waals surface area contributed by atoms with E-state index >= 15 is 0 Å². The van der Waals surface area contributed by atoms with E-state index in [0.717, 1.165) is 28.3 Å². The Morgan fingerprint density at radius 3 is 2.45 bits per heavy atom. The monoisotopic (exact) mass is 459 g/mol. The molecule has 0 spiro atoms. The van der Waals surface area contributed by atoms with Crippen molar-refractivity contribution in [2.75, 3.05) is 7.11 Å². The molecule has 1 fully saturated rings. The van der Waals surface area contributed by atoms with Crippen LogP contribution in [0.2, 0.25) is 5.02 Å². The van der Waals surface area contributed by atoms with Crippen LogP contribution in [0, 0.1) is 0 Å². The lowest BCUT2D eigenvalue weighted by Crippen LogP contribution is -2.43. The molecule has 4 aromatic rings. The third-order valence-corrected chi connectivity index (χ3v) is 6.55. The molecule has 0 amide bonds. The van der Waals surface area contributed by atoms with E-state index in [1.54, 1.807) is 7.11 Å². The second-order valence-corrected chi connectivity index (χ2v) is 8.80. The van der Waals surface area contributed by atoms with Gasteiger partial charge in [-0.05, 0) is 41.0 Å². The van der Waals surface area contributed by atoms with Gasteiger partial charge in [0.15, 0.2) is 0 Å². The second kappa shape index (κ2) is 9.40. The molecule has 1 saturated heterocycles. The van der Waals surface area contributed by atoms with E-state index in [2.05, 4.69) is 63.1 Å². The van der Waals surface area contributed by atoms with Crippen molar-refractivity contribution in [2.45, 2.75) is 31.2 Å². The molecule has 5 nitrogen and oxygen atoms in total. The lowest BCUT2D eigenvalue weighted by atomic mass is 9.83. The largest absolute Gasteiger partial charge is 0.497 e. The highest BCUT2D eigenvalue weighted by Crippen LogP contribution is 2.48. The quantitative estimate of drug-likeness (QED) is 0.339. The van der Waals surface area contributed by atoms with E-state index in [1.165, 1.54) is 5.56 Å². The molecule has 0 aliphatic carbocycles. The molecule has 1 aliphatic rings. The molecule has 1 aliphatic heterocycles. The maximum atomic E-state index is 6.69. The summed E-state index contributed by atoms with van der Waals surface area (Å²) in [5.41, 5.74) is 3.06. The third-order valence-electron chi connectivity index (χ3n) is 6.30. The summed E-state index contributed by atoms with van der Waals surface area (Å²) in [7, 11) is 1.68. The standard InChI is InChI=1S/C27H26ClN3O2/c1-32-25-13-7-21(8-14-25)18-31-27(19-30-16-15-29-20-30,23-9-11-24(28)12-10-23)17-26(33-31)22-5-3-2-4-6-22/h2-16,20,26H,17-19H2,1H3. The molecule has 0 saturated carbocycles. The fraction of sp³-hybridized carbons (Fsp3) is 0.222. The van der Waals surface area contributed by atoms with Gasteiger partial charge in [0.1, 0.15) is 11.9 Å². The van der Waals surface area contributed by atoms with Gasteiger partial charge >= 0.3 is 0 Å². The van der Waals surface area contributed by atoms with Crippen molar-refractivity contribution in [3.8, 4) is 5.75 Å². The smallest absolute Gasteiger partial charge is 0.118 e. The lowest BCUT2D eigenvalue weighted by Gasteiger charge is -2.37. The number of rotatable bonds is 7. The molecule has 5 rings (SSSR count). The Kier molecular flexibility index (Phi) is 6.18. The number of hydrogen-bond donors (Lipinski definition) is 0. The van der Waals surface area contributed by atoms with E-state index < -0.39 is 5.54 Å². The van der Waals surface area contributed by atoms with Gasteiger partial charge in [0, 0.05) is 30.4 Å². The molecule has 0 bridgehead atoms. The molecule has 1 aromatic heterocycles. The van der Waals surface area contributed by atoms with Crippen LogP contribution in [-0.4, -0.2) is 21.7 Å². The zero-order valence-corrected chi connectivity index (χ0v) is 19.2. The van der Waals surface area contributed by atoms with Crippen LogP contribution in [0.3, 0.4) is 0 Å². The number of aromatic nitrogens is 2. The summed E-state index contributed by atoms with van der Waals surface area (Å²) in [5, 5.41) is 2.85. The van der Waals surface area contributed by atoms with Crippen LogP contribution in [0.4, 0.5) is 0 Å². The fourth-order valence-electron chi connectivity index (χ4n) is 4.57. The summed E-state index contributed by atoms with van der Waals surface area (Å²) >= 11 is 6.25. The summed E-state index contributed by atoms with van der Waals surface area (Å²) in [6.07, 6.45) is 6.41. The van der Waals surface area contributed by atoms with Crippen LogP contribution in [0.25, 0.3) is 0 Å². The summed E-state index contributed by atoms with van der Waals surface area (Å²) in [4.78, 5) is 11.0. The summed E-state index contributed by atoms with van der Waals surface area (Å²) in [5.74, 6) is 0.839. The van der Waals surface area contributed by atoms with Gasteiger partial charge in [0.25, 0.3) is 0 Å². The SMILES string of the molecule is COc1ccc(CN2OC(c3ccccc3)CC2(Cn2ccnc2)c2ccc(Cl)cc2)cc1. The van der Waals surface area contributed by atoms with E-state index in [9.17, 15) is 0 Å². The van der Waals surface area contributed by atoms with Gasteiger partial charge in [-0.2, -0.15) is 5.06 Å². The number of nitrogens with zero attached hydrogens (tertiary/aromatic N) is 3. The normalized spacial score (nSPS) is 20.7. The minimum Gasteiger partial charge on any atom is -0.497 e. The van der Waals surface area contributed by atoms with Gasteiger partial charge in [-0.15, -0.1) is 0 Å². The highest BCUT2D eigenvalue weighted by molar-refractivity contribution is 6.30. The van der Waals surface area contributed by atoms with E-state index in [4.69, 9.17) is 21.2 Å². The number of imidazole rings is 1. The van der Waals surface area contributed by atoms with Crippen LogP contribution in [-0.2, 0) is 23.5 Å². The number of hydroxylamine groups is 2. The lowest BCUT2D eigenvalue weighted by molar-refractivity contribution is -0.203. The Bertz CT molecular complexity index is 1160. The van der Waals surface area contributed by atoms with Crippen molar-refractivity contribution >= 4 is 11.6 Å². The van der Waals surface area contributed by atoms with E-state index in [-0.39, 0.29) is 6.10 Å². The molecule has 33 heavy (non-hydrogen) atoms. The average molecular weight is 460 g/mol. The molecule has 2 atom stereocenters. The molecule has 6 heteroatoms. The van der Waals surface area contributed by atoms with E-state index in [0.29, 0.717) is 13.1 Å². The predicted molar refractivity (Wildman–Crippen MR) is 129 cm³/mol. The van der Waals surface area contributed by atoms with Crippen molar-refractivity contribution in [3.05, 3.63) is 119 Å². The molecular formula is C27H26ClN3O2. The zero-order chi connectivity index (χ0) is 22.7. The van der Waals surface area contributed by atoms with Crippen LogP contribution >= 0.6 is 11.6 Å². The van der Waals surface area contributed by atoms with Crippen LogP contribution in [0.5, 0.6) is 5.75 Å². The molecule has 3 aromatic carbocycles. The highest BCUT2D eigenvalue weighted by Gasteiger charge is 2.49. The fourth-order valence-corrected chi connectivity index (χ4v) is 4.70. The first-order valence-corrected chi connectivity index (χ1v) is 11.4. The van der Waals surface area contributed by atoms with Gasteiger partial charge < -0.3 is 9.30 Å². The topological polar surface area (TPSA) is 39.5 Å². The molecule has 2 heterocycles. The Hall–Kier alpha value is -3.12. The zero-order valence-electron chi connectivity index (χ0n) is 18.5. The van der Waals surface area contributed by atoms with Gasteiger partial charge in [0.2, 0.25) is 0 Å². The number of halogens is 1. The Morgan fingerprint density at radius 1 is 1.03 bits per heavy atom. The summed E-state index contributed by atoms with van der Waals surface area (Å²) < 4.78 is 7.46. The van der Waals surface area contributed by atoms with Crippen molar-refractivity contribution in [2.24, 2.45) is 0 Å². The number of benzene rings is 3. The second-order valence-electron chi connectivity index (χ2n) is 8.37. The van der Waals surface area contributed by atoms with Gasteiger partial charge in [-0.1, -0.05) is 66.2 Å². The van der Waals surface area contributed by atoms with Crippen LogP contribution < -0.4 is 4.74 Å². The first-order chi connectivity index (χ1) is 16.2. The van der Waals surface area contributed by atoms with Crippen molar-refractivity contribution < 1.29 is 9.57 Å². The van der Waals surface area contributed by atoms with Crippen LogP contribution in [0.1, 0.15) is 29.2 Å². The summed E-state index contributed by atoms with van der Waals surface area (Å²) in [6, 6.07) is 26.7. The molecule has 2 unspecified atom stereocenters. The van der Waals surface area contributed by atoms with Crippen molar-refractivity contribution in [1.82, 2.24) is 14.6 Å². The number of hydrogen-bond acceptors (Lipinski definition) is 4. The Labute approximate surface area is 199 Å². The van der Waals surface area contributed by atoms with Crippen LogP contribution in [0.15, 0.2) is 97.6 Å². The van der Waals surface area contributed by atoms with Crippen molar-refractivity contribution in [1.29, 1.82) is 0 Å². The third kappa shape index (κ3) is 4.53. The van der Waals surface area contributed by atoms with Gasteiger partial charge in [-0.25, -0.2) is 4.98 Å². The maximum absolute atomic E-state index is 6.69. The van der Waals surface area contributed by atoms with Gasteiger partial charge in [0.05, 0.1) is 25.5 Å².